The van der Waals surface area contributed by atoms with Gasteiger partial charge in [-0.05, 0) is 77.7 Å². The number of hydrogen-bond donors (Lipinski definition) is 1. The summed E-state index contributed by atoms with van der Waals surface area (Å²) in [5, 5.41) is 3.92. The molecule has 0 radical (unpaired) electrons. The number of esters is 1. The Morgan fingerprint density at radius 3 is 2.22 bits per heavy atom. The van der Waals surface area contributed by atoms with Gasteiger partial charge in [-0.2, -0.15) is 0 Å². The maximum Gasteiger partial charge on any atom is 0.337 e. The molecule has 0 aliphatic rings. The lowest BCUT2D eigenvalue weighted by molar-refractivity contribution is -0.121. The molecule has 5 rings (SSSR count). The minimum absolute atomic E-state index is 0.0365. The molecule has 7 nitrogen and oxygen atoms in total. The number of rotatable bonds is 11. The van der Waals surface area contributed by atoms with Gasteiger partial charge in [0.2, 0.25) is 5.91 Å². The van der Waals surface area contributed by atoms with Crippen LogP contribution in [0.1, 0.15) is 34.2 Å². The predicted molar refractivity (Wildman–Crippen MR) is 179 cm³/mol. The van der Waals surface area contributed by atoms with Crippen molar-refractivity contribution in [2.24, 2.45) is 0 Å². The second kappa shape index (κ2) is 14.8. The van der Waals surface area contributed by atoms with Crippen molar-refractivity contribution in [1.82, 2.24) is 14.9 Å². The highest BCUT2D eigenvalue weighted by molar-refractivity contribution is 6.36. The molecule has 0 aliphatic heterocycles. The first-order valence-corrected chi connectivity index (χ1v) is 15.1. The van der Waals surface area contributed by atoms with Gasteiger partial charge in [-0.15, -0.1) is 0 Å². The van der Waals surface area contributed by atoms with E-state index in [1.807, 2.05) is 61.5 Å². The minimum Gasteiger partial charge on any atom is -0.494 e. The van der Waals surface area contributed by atoms with E-state index < -0.39 is 5.97 Å². The van der Waals surface area contributed by atoms with Crippen molar-refractivity contribution >= 4 is 47.2 Å². The van der Waals surface area contributed by atoms with Crippen LogP contribution in [-0.4, -0.2) is 35.1 Å². The van der Waals surface area contributed by atoms with Crippen LogP contribution in [-0.2, 0) is 22.6 Å². The lowest BCUT2D eigenvalue weighted by Crippen LogP contribution is -2.27. The standard InChI is InChI=1S/C36H31Cl2N3O4/c1-3-45-30-16-13-27(14-17-30)26-9-4-24(5-10-26)8-19-34-40-33(31-18-15-29(37)20-32(31)38)22-41(34)23-35(42)39-21-25-6-11-28(12-7-25)36(43)44-2/h4-20,22H,3,21,23H2,1-2H3,(H,39,42). The van der Waals surface area contributed by atoms with E-state index in [1.165, 1.54) is 7.11 Å². The van der Waals surface area contributed by atoms with Crippen LogP contribution in [0.2, 0.25) is 10.0 Å². The Labute approximate surface area is 272 Å². The number of nitrogens with one attached hydrogen (secondary N) is 1. The van der Waals surface area contributed by atoms with Gasteiger partial charge in [-0.25, -0.2) is 9.78 Å². The Morgan fingerprint density at radius 1 is 0.889 bits per heavy atom. The first-order chi connectivity index (χ1) is 21.8. The number of imidazole rings is 1. The summed E-state index contributed by atoms with van der Waals surface area (Å²) < 4.78 is 12.1. The van der Waals surface area contributed by atoms with Gasteiger partial charge in [0.15, 0.2) is 0 Å². The Bertz CT molecular complexity index is 1810. The van der Waals surface area contributed by atoms with E-state index in [2.05, 4.69) is 17.4 Å². The Balaban J connectivity index is 1.33. The van der Waals surface area contributed by atoms with E-state index in [4.69, 9.17) is 37.7 Å². The zero-order chi connectivity index (χ0) is 31.8. The monoisotopic (exact) mass is 639 g/mol. The van der Waals surface area contributed by atoms with Crippen LogP contribution in [0.5, 0.6) is 5.75 Å². The SMILES string of the molecule is CCOc1ccc(-c2ccc(C=Cc3nc(-c4ccc(Cl)cc4Cl)cn3CC(=O)NCc3ccc(C(=O)OC)cc3)cc2)cc1. The topological polar surface area (TPSA) is 82.5 Å². The minimum atomic E-state index is -0.411. The highest BCUT2D eigenvalue weighted by atomic mass is 35.5. The molecule has 0 spiro atoms. The number of aromatic nitrogens is 2. The summed E-state index contributed by atoms with van der Waals surface area (Å²) in [6.45, 7) is 2.93. The molecular weight excluding hydrogens is 609 g/mol. The normalized spacial score (nSPS) is 11.0. The lowest BCUT2D eigenvalue weighted by atomic mass is 10.0. The van der Waals surface area contributed by atoms with Crippen LogP contribution in [0.25, 0.3) is 34.5 Å². The van der Waals surface area contributed by atoms with Gasteiger partial charge in [0.1, 0.15) is 18.1 Å². The van der Waals surface area contributed by atoms with Crippen molar-refractivity contribution in [2.45, 2.75) is 20.0 Å². The van der Waals surface area contributed by atoms with Gasteiger partial charge in [0.25, 0.3) is 0 Å². The fourth-order valence-electron chi connectivity index (χ4n) is 4.67. The molecule has 1 N–H and O–H groups in total. The Morgan fingerprint density at radius 2 is 1.58 bits per heavy atom. The summed E-state index contributed by atoms with van der Waals surface area (Å²) in [6.07, 6.45) is 5.63. The molecule has 1 aromatic heterocycles. The third-order valence-electron chi connectivity index (χ3n) is 7.03. The first kappa shape index (κ1) is 31.6. The molecule has 0 aliphatic carbocycles. The maximum absolute atomic E-state index is 13.0. The van der Waals surface area contributed by atoms with E-state index in [1.54, 1.807) is 47.2 Å². The summed E-state index contributed by atoms with van der Waals surface area (Å²) in [5.74, 6) is 0.821. The molecule has 228 valence electrons. The number of amides is 1. The first-order valence-electron chi connectivity index (χ1n) is 14.3. The number of hydrogen-bond acceptors (Lipinski definition) is 5. The highest BCUT2D eigenvalue weighted by Crippen LogP contribution is 2.30. The van der Waals surface area contributed by atoms with Crippen LogP contribution in [0.4, 0.5) is 0 Å². The van der Waals surface area contributed by atoms with Gasteiger partial charge < -0.3 is 19.4 Å². The zero-order valence-corrected chi connectivity index (χ0v) is 26.3. The molecule has 0 unspecified atom stereocenters. The third kappa shape index (κ3) is 8.20. The smallest absolute Gasteiger partial charge is 0.337 e. The molecule has 0 saturated carbocycles. The van der Waals surface area contributed by atoms with E-state index in [0.29, 0.717) is 45.8 Å². The molecule has 4 aromatic carbocycles. The summed E-state index contributed by atoms with van der Waals surface area (Å²) in [6, 6.07) is 28.3. The maximum atomic E-state index is 13.0. The molecule has 0 saturated heterocycles. The van der Waals surface area contributed by atoms with Gasteiger partial charge in [0, 0.05) is 23.3 Å². The number of methoxy groups -OCH3 is 1. The van der Waals surface area contributed by atoms with Crippen molar-refractivity contribution < 1.29 is 19.1 Å². The molecule has 9 heteroatoms. The lowest BCUT2D eigenvalue weighted by Gasteiger charge is -2.08. The molecule has 5 aromatic rings. The van der Waals surface area contributed by atoms with Crippen LogP contribution >= 0.6 is 23.2 Å². The van der Waals surface area contributed by atoms with Crippen molar-refractivity contribution in [1.29, 1.82) is 0 Å². The van der Waals surface area contributed by atoms with Crippen molar-refractivity contribution in [3.8, 4) is 28.1 Å². The summed E-state index contributed by atoms with van der Waals surface area (Å²) in [5.41, 5.74) is 5.79. The van der Waals surface area contributed by atoms with Gasteiger partial charge in [0.05, 0.1) is 30.0 Å². The predicted octanol–water partition coefficient (Wildman–Crippen LogP) is 8.20. The average molecular weight is 641 g/mol. The fourth-order valence-corrected chi connectivity index (χ4v) is 5.18. The summed E-state index contributed by atoms with van der Waals surface area (Å²) in [4.78, 5) is 29.5. The molecular formula is C36H31Cl2N3O4. The molecule has 0 bridgehead atoms. The molecule has 1 heterocycles. The van der Waals surface area contributed by atoms with Crippen LogP contribution < -0.4 is 10.1 Å². The molecule has 0 fully saturated rings. The summed E-state index contributed by atoms with van der Waals surface area (Å²) >= 11 is 12.6. The van der Waals surface area contributed by atoms with Gasteiger partial charge in [-0.1, -0.05) is 77.8 Å². The molecule has 45 heavy (non-hydrogen) atoms. The number of nitrogens with zero attached hydrogens (tertiary/aromatic N) is 2. The van der Waals surface area contributed by atoms with Crippen LogP contribution in [0, 0.1) is 0 Å². The van der Waals surface area contributed by atoms with Crippen LogP contribution in [0.3, 0.4) is 0 Å². The van der Waals surface area contributed by atoms with E-state index in [0.717, 1.165) is 28.0 Å². The second-order valence-electron chi connectivity index (χ2n) is 10.1. The van der Waals surface area contributed by atoms with Crippen molar-refractivity contribution in [3.63, 3.8) is 0 Å². The Hall–Kier alpha value is -4.85. The van der Waals surface area contributed by atoms with E-state index in [9.17, 15) is 9.59 Å². The van der Waals surface area contributed by atoms with Crippen molar-refractivity contribution in [2.75, 3.05) is 13.7 Å². The van der Waals surface area contributed by atoms with Crippen molar-refractivity contribution in [3.05, 3.63) is 130 Å². The van der Waals surface area contributed by atoms with E-state index in [-0.39, 0.29) is 12.5 Å². The third-order valence-corrected chi connectivity index (χ3v) is 7.58. The number of halogens is 2. The van der Waals surface area contributed by atoms with Gasteiger partial charge >= 0.3 is 5.97 Å². The molecule has 0 atom stereocenters. The number of ether oxygens (including phenoxy) is 2. The summed E-state index contributed by atoms with van der Waals surface area (Å²) in [7, 11) is 1.34. The zero-order valence-electron chi connectivity index (χ0n) is 24.8. The number of carbonyl (C=O) groups is 2. The number of benzene rings is 4. The fraction of sp³-hybridized carbons (Fsp3) is 0.139. The Kier molecular flexibility index (Phi) is 10.3. The quantitative estimate of drug-likeness (QED) is 0.147. The highest BCUT2D eigenvalue weighted by Gasteiger charge is 2.14. The van der Waals surface area contributed by atoms with E-state index >= 15 is 0 Å². The number of carbonyl (C=O) groups excluding carboxylic acids is 2. The molecule has 1 amide bonds. The largest absolute Gasteiger partial charge is 0.494 e. The van der Waals surface area contributed by atoms with Gasteiger partial charge in [-0.3, -0.25) is 4.79 Å². The average Bonchev–Trinajstić information content (AvgIpc) is 3.45. The second-order valence-corrected chi connectivity index (χ2v) is 11.0. The van der Waals surface area contributed by atoms with Crippen LogP contribution in [0.15, 0.2) is 97.2 Å².